The predicted octanol–water partition coefficient (Wildman–Crippen LogP) is 3.66. The van der Waals surface area contributed by atoms with Crippen molar-refractivity contribution in [1.82, 2.24) is 5.32 Å². The summed E-state index contributed by atoms with van der Waals surface area (Å²) >= 11 is 9.22. The molecule has 0 aliphatic heterocycles. The Labute approximate surface area is 134 Å². The number of carbonyl (C=O) groups is 2. The second-order valence-corrected chi connectivity index (χ2v) is 5.60. The van der Waals surface area contributed by atoms with Crippen molar-refractivity contribution in [3.63, 3.8) is 0 Å². The second kappa shape index (κ2) is 6.74. The van der Waals surface area contributed by atoms with E-state index in [0.29, 0.717) is 10.0 Å². The van der Waals surface area contributed by atoms with Gasteiger partial charge in [0.05, 0.1) is 10.6 Å². The zero-order valence-corrected chi connectivity index (χ0v) is 13.1. The lowest BCUT2D eigenvalue weighted by molar-refractivity contribution is -0.139. The van der Waals surface area contributed by atoms with E-state index in [0.717, 1.165) is 0 Å². The molecule has 0 fully saturated rings. The number of nitrogens with one attached hydrogen (secondary N) is 1. The number of carboxylic acid groups (broad SMARTS) is 1. The average molecular weight is 369 g/mol. The van der Waals surface area contributed by atoms with Crippen molar-refractivity contribution in [2.45, 2.75) is 6.04 Å². The van der Waals surface area contributed by atoms with Crippen molar-refractivity contribution in [2.24, 2.45) is 0 Å². The van der Waals surface area contributed by atoms with Gasteiger partial charge in [-0.2, -0.15) is 0 Å². The van der Waals surface area contributed by atoms with E-state index in [-0.39, 0.29) is 10.6 Å². The third-order valence-corrected chi connectivity index (χ3v) is 3.65. The van der Waals surface area contributed by atoms with Crippen LogP contribution in [0.3, 0.4) is 0 Å². The normalized spacial score (nSPS) is 11.7. The molecular formula is C15H11BrClNO3. The van der Waals surface area contributed by atoms with Crippen molar-refractivity contribution in [1.29, 1.82) is 0 Å². The van der Waals surface area contributed by atoms with Crippen LogP contribution in [-0.2, 0) is 4.79 Å². The molecule has 0 spiro atoms. The first-order chi connectivity index (χ1) is 9.99. The molecule has 1 amide bonds. The molecule has 0 saturated heterocycles. The molecule has 0 unspecified atom stereocenters. The Bertz CT molecular complexity index is 676. The summed E-state index contributed by atoms with van der Waals surface area (Å²) < 4.78 is 0.684. The Balaban J connectivity index is 2.27. The molecule has 0 aliphatic rings. The molecule has 0 heterocycles. The fourth-order valence-electron chi connectivity index (χ4n) is 1.81. The number of aliphatic carboxylic acids is 1. The van der Waals surface area contributed by atoms with E-state index >= 15 is 0 Å². The Morgan fingerprint density at radius 1 is 1.14 bits per heavy atom. The first kappa shape index (κ1) is 15.5. The third-order valence-electron chi connectivity index (χ3n) is 2.83. The maximum absolute atomic E-state index is 12.2. The molecule has 4 nitrogen and oxygen atoms in total. The molecule has 21 heavy (non-hydrogen) atoms. The predicted molar refractivity (Wildman–Crippen MR) is 83.4 cm³/mol. The SMILES string of the molecule is O=C(N[C@H](C(=O)O)c1ccccc1)c1cc(Br)ccc1Cl. The summed E-state index contributed by atoms with van der Waals surface area (Å²) in [5.74, 6) is -1.68. The fraction of sp³-hybridized carbons (Fsp3) is 0.0667. The van der Waals surface area contributed by atoms with Crippen LogP contribution in [0, 0.1) is 0 Å². The molecule has 108 valence electrons. The smallest absolute Gasteiger partial charge is 0.330 e. The van der Waals surface area contributed by atoms with Crippen LogP contribution in [0.2, 0.25) is 5.02 Å². The van der Waals surface area contributed by atoms with Crippen LogP contribution in [0.15, 0.2) is 53.0 Å². The fourth-order valence-corrected chi connectivity index (χ4v) is 2.38. The van der Waals surface area contributed by atoms with Crippen LogP contribution in [0.25, 0.3) is 0 Å². The molecule has 0 bridgehead atoms. The van der Waals surface area contributed by atoms with E-state index < -0.39 is 17.9 Å². The molecule has 0 saturated carbocycles. The molecule has 0 radical (unpaired) electrons. The molecule has 6 heteroatoms. The van der Waals surface area contributed by atoms with Crippen LogP contribution < -0.4 is 5.32 Å². The standard InChI is InChI=1S/C15H11BrClNO3/c16-10-6-7-12(17)11(8-10)14(19)18-13(15(20)21)9-4-2-1-3-5-9/h1-8,13H,(H,18,19)(H,20,21)/t13-/m0/s1. The van der Waals surface area contributed by atoms with Gasteiger partial charge in [0.1, 0.15) is 0 Å². The summed E-state index contributed by atoms with van der Waals surface area (Å²) in [5.41, 5.74) is 0.706. The van der Waals surface area contributed by atoms with Gasteiger partial charge in [0.15, 0.2) is 6.04 Å². The summed E-state index contributed by atoms with van der Waals surface area (Å²) in [6.07, 6.45) is 0. The van der Waals surface area contributed by atoms with E-state index in [2.05, 4.69) is 21.2 Å². The topological polar surface area (TPSA) is 66.4 Å². The van der Waals surface area contributed by atoms with Gasteiger partial charge in [-0.1, -0.05) is 57.9 Å². The van der Waals surface area contributed by atoms with Crippen LogP contribution >= 0.6 is 27.5 Å². The molecule has 2 aromatic rings. The highest BCUT2D eigenvalue weighted by molar-refractivity contribution is 9.10. The highest BCUT2D eigenvalue weighted by Gasteiger charge is 2.23. The summed E-state index contributed by atoms with van der Waals surface area (Å²) in [5, 5.41) is 12.0. The van der Waals surface area contributed by atoms with E-state index in [1.165, 1.54) is 0 Å². The van der Waals surface area contributed by atoms with Crippen LogP contribution in [0.1, 0.15) is 22.0 Å². The molecular weight excluding hydrogens is 358 g/mol. The second-order valence-electron chi connectivity index (χ2n) is 4.28. The number of amides is 1. The molecule has 2 aromatic carbocycles. The van der Waals surface area contributed by atoms with Gasteiger partial charge >= 0.3 is 5.97 Å². The minimum Gasteiger partial charge on any atom is -0.479 e. The summed E-state index contributed by atoms with van der Waals surface area (Å²) in [7, 11) is 0. The lowest BCUT2D eigenvalue weighted by Crippen LogP contribution is -2.33. The van der Waals surface area contributed by atoms with Crippen molar-refractivity contribution < 1.29 is 14.7 Å². The van der Waals surface area contributed by atoms with Crippen molar-refractivity contribution in [3.8, 4) is 0 Å². The Morgan fingerprint density at radius 2 is 1.81 bits per heavy atom. The van der Waals surface area contributed by atoms with Gasteiger partial charge in [-0.25, -0.2) is 4.79 Å². The van der Waals surface area contributed by atoms with Crippen LogP contribution in [0.5, 0.6) is 0 Å². The lowest BCUT2D eigenvalue weighted by Gasteiger charge is -2.15. The number of rotatable bonds is 4. The minimum absolute atomic E-state index is 0.216. The van der Waals surface area contributed by atoms with Gasteiger partial charge in [-0.15, -0.1) is 0 Å². The van der Waals surface area contributed by atoms with Crippen LogP contribution in [-0.4, -0.2) is 17.0 Å². The van der Waals surface area contributed by atoms with E-state index in [4.69, 9.17) is 11.6 Å². The third kappa shape index (κ3) is 3.83. The quantitative estimate of drug-likeness (QED) is 0.865. The number of carbonyl (C=O) groups excluding carboxylic acids is 1. The number of halogens is 2. The molecule has 2 N–H and O–H groups in total. The van der Waals surface area contributed by atoms with E-state index in [1.54, 1.807) is 48.5 Å². The number of benzene rings is 2. The monoisotopic (exact) mass is 367 g/mol. The summed E-state index contributed by atoms with van der Waals surface area (Å²) in [6, 6.07) is 12.2. The summed E-state index contributed by atoms with van der Waals surface area (Å²) in [4.78, 5) is 23.6. The maximum Gasteiger partial charge on any atom is 0.330 e. The van der Waals surface area contributed by atoms with Crippen molar-refractivity contribution in [2.75, 3.05) is 0 Å². The highest BCUT2D eigenvalue weighted by atomic mass is 79.9. The van der Waals surface area contributed by atoms with Gasteiger partial charge in [-0.3, -0.25) is 4.79 Å². The van der Waals surface area contributed by atoms with Gasteiger partial charge in [-0.05, 0) is 23.8 Å². The largest absolute Gasteiger partial charge is 0.479 e. The van der Waals surface area contributed by atoms with Gasteiger partial charge in [0.2, 0.25) is 0 Å². The Morgan fingerprint density at radius 3 is 2.43 bits per heavy atom. The number of hydrogen-bond donors (Lipinski definition) is 2. The molecule has 0 aliphatic carbocycles. The average Bonchev–Trinajstić information content (AvgIpc) is 2.47. The summed E-state index contributed by atoms with van der Waals surface area (Å²) in [6.45, 7) is 0. The molecule has 2 rings (SSSR count). The highest BCUT2D eigenvalue weighted by Crippen LogP contribution is 2.22. The van der Waals surface area contributed by atoms with Gasteiger partial charge in [0, 0.05) is 4.47 Å². The number of hydrogen-bond acceptors (Lipinski definition) is 2. The minimum atomic E-state index is -1.14. The zero-order chi connectivity index (χ0) is 15.4. The lowest BCUT2D eigenvalue weighted by atomic mass is 10.1. The first-order valence-corrected chi connectivity index (χ1v) is 7.20. The van der Waals surface area contributed by atoms with E-state index in [1.807, 2.05) is 0 Å². The van der Waals surface area contributed by atoms with Gasteiger partial charge < -0.3 is 10.4 Å². The first-order valence-electron chi connectivity index (χ1n) is 6.02. The zero-order valence-electron chi connectivity index (χ0n) is 10.7. The Hall–Kier alpha value is -1.85. The number of carboxylic acids is 1. The van der Waals surface area contributed by atoms with Crippen molar-refractivity contribution >= 4 is 39.4 Å². The van der Waals surface area contributed by atoms with Crippen molar-refractivity contribution in [3.05, 3.63) is 69.2 Å². The maximum atomic E-state index is 12.2. The van der Waals surface area contributed by atoms with E-state index in [9.17, 15) is 14.7 Å². The Kier molecular flexibility index (Phi) is 4.98. The molecule has 1 atom stereocenters. The molecule has 0 aromatic heterocycles. The van der Waals surface area contributed by atoms with Gasteiger partial charge in [0.25, 0.3) is 5.91 Å². The van der Waals surface area contributed by atoms with Crippen LogP contribution in [0.4, 0.5) is 0 Å².